The molecule has 0 radical (unpaired) electrons. The lowest BCUT2D eigenvalue weighted by Crippen LogP contribution is -2.32. The van der Waals surface area contributed by atoms with Crippen molar-refractivity contribution in [3.63, 3.8) is 0 Å². The van der Waals surface area contributed by atoms with Crippen LogP contribution in [0.4, 0.5) is 4.39 Å². The monoisotopic (exact) mass is 424 g/mol. The minimum atomic E-state index is -0.320. The summed E-state index contributed by atoms with van der Waals surface area (Å²) in [6, 6.07) is 15.6. The molecule has 2 aromatic heterocycles. The van der Waals surface area contributed by atoms with E-state index < -0.39 is 0 Å². The second-order valence-electron chi connectivity index (χ2n) is 6.90. The highest BCUT2D eigenvalue weighted by Crippen LogP contribution is 2.39. The second kappa shape index (κ2) is 8.62. The lowest BCUT2D eigenvalue weighted by Gasteiger charge is -2.28. The van der Waals surface area contributed by atoms with Gasteiger partial charge in [0.05, 0.1) is 37.0 Å². The maximum absolute atomic E-state index is 14.6. The fourth-order valence-electron chi connectivity index (χ4n) is 3.78. The van der Waals surface area contributed by atoms with Gasteiger partial charge in [0, 0.05) is 24.6 Å². The summed E-state index contributed by atoms with van der Waals surface area (Å²) >= 11 is 5.59. The van der Waals surface area contributed by atoms with Crippen molar-refractivity contribution < 1.29 is 13.9 Å². The Morgan fingerprint density at radius 2 is 2.00 bits per heavy atom. The van der Waals surface area contributed by atoms with Gasteiger partial charge >= 0.3 is 5.97 Å². The maximum Gasteiger partial charge on any atom is 0.307 e. The predicted octanol–water partition coefficient (Wildman–Crippen LogP) is 3.55. The smallest absolute Gasteiger partial charge is 0.307 e. The molecule has 0 bridgehead atoms. The Hall–Kier alpha value is -3.26. The first kappa shape index (κ1) is 20.0. The molecule has 0 aliphatic carbocycles. The fourth-order valence-corrected chi connectivity index (χ4v) is 4.12. The summed E-state index contributed by atoms with van der Waals surface area (Å²) in [6.07, 6.45) is 3.73. The Labute approximate surface area is 179 Å². The van der Waals surface area contributed by atoms with Crippen LogP contribution >= 0.6 is 12.2 Å². The van der Waals surface area contributed by atoms with E-state index in [1.165, 1.54) is 13.2 Å². The summed E-state index contributed by atoms with van der Waals surface area (Å²) in [6.45, 7) is 0.370. The zero-order valence-electron chi connectivity index (χ0n) is 16.4. The van der Waals surface area contributed by atoms with Gasteiger partial charge in [-0.1, -0.05) is 18.2 Å². The zero-order chi connectivity index (χ0) is 21.1. The van der Waals surface area contributed by atoms with Crippen molar-refractivity contribution in [2.75, 3.05) is 13.7 Å². The predicted molar refractivity (Wildman–Crippen MR) is 115 cm³/mol. The number of hydrogen-bond donors (Lipinski definition) is 1. The van der Waals surface area contributed by atoms with E-state index in [1.54, 1.807) is 24.4 Å². The molecule has 1 saturated heterocycles. The fraction of sp³-hybridized carbons (Fsp3) is 0.227. The molecule has 1 aromatic carbocycles. The van der Waals surface area contributed by atoms with E-state index in [0.29, 0.717) is 17.3 Å². The number of pyridine rings is 1. The molecule has 1 N–H and O–H groups in total. The van der Waals surface area contributed by atoms with E-state index in [4.69, 9.17) is 17.0 Å². The second-order valence-corrected chi connectivity index (χ2v) is 7.29. The normalized spacial score (nSPS) is 18.3. The van der Waals surface area contributed by atoms with Gasteiger partial charge in [0.2, 0.25) is 0 Å². The van der Waals surface area contributed by atoms with E-state index in [-0.39, 0.29) is 30.3 Å². The number of aromatic nitrogens is 2. The molecule has 1 aliphatic heterocycles. The van der Waals surface area contributed by atoms with Crippen LogP contribution < -0.4 is 5.32 Å². The Bertz CT molecular complexity index is 1060. The number of rotatable bonds is 6. The number of carbonyl (C=O) groups is 1. The first-order chi connectivity index (χ1) is 14.6. The topological polar surface area (TPSA) is 59.4 Å². The largest absolute Gasteiger partial charge is 0.469 e. The van der Waals surface area contributed by atoms with Crippen LogP contribution in [0.5, 0.6) is 0 Å². The van der Waals surface area contributed by atoms with Crippen LogP contribution in [0, 0.1) is 5.82 Å². The SMILES string of the molecule is COC(=O)CCN1C(=S)NC(c2ccccn2)C1c1cccn1-c1ccccc1F. The van der Waals surface area contributed by atoms with Crippen LogP contribution in [0.1, 0.15) is 29.9 Å². The van der Waals surface area contributed by atoms with E-state index in [1.807, 2.05) is 46.0 Å². The molecule has 154 valence electrons. The summed E-state index contributed by atoms with van der Waals surface area (Å²) in [4.78, 5) is 18.2. The number of thiocarbonyl (C=S) groups is 1. The molecular formula is C22H21FN4O2S. The number of nitrogens with one attached hydrogen (secondary N) is 1. The van der Waals surface area contributed by atoms with Crippen LogP contribution in [0.2, 0.25) is 0 Å². The van der Waals surface area contributed by atoms with Gasteiger partial charge in [-0.25, -0.2) is 4.39 Å². The molecule has 4 rings (SSSR count). The minimum absolute atomic E-state index is 0.185. The molecule has 3 heterocycles. The van der Waals surface area contributed by atoms with Crippen LogP contribution in [-0.2, 0) is 9.53 Å². The molecule has 0 spiro atoms. The summed E-state index contributed by atoms with van der Waals surface area (Å²) in [5, 5.41) is 3.84. The highest BCUT2D eigenvalue weighted by atomic mass is 32.1. The van der Waals surface area contributed by atoms with Gasteiger partial charge in [-0.3, -0.25) is 9.78 Å². The van der Waals surface area contributed by atoms with Crippen molar-refractivity contribution in [2.45, 2.75) is 18.5 Å². The summed E-state index contributed by atoms with van der Waals surface area (Å²) in [7, 11) is 1.36. The van der Waals surface area contributed by atoms with E-state index >= 15 is 0 Å². The van der Waals surface area contributed by atoms with Crippen molar-refractivity contribution >= 4 is 23.3 Å². The molecule has 30 heavy (non-hydrogen) atoms. The third kappa shape index (κ3) is 3.78. The lowest BCUT2D eigenvalue weighted by molar-refractivity contribution is -0.140. The van der Waals surface area contributed by atoms with E-state index in [2.05, 4.69) is 10.3 Å². The van der Waals surface area contributed by atoms with Crippen molar-refractivity contribution in [1.82, 2.24) is 19.8 Å². The highest BCUT2D eigenvalue weighted by molar-refractivity contribution is 7.80. The lowest BCUT2D eigenvalue weighted by atomic mass is 10.0. The van der Waals surface area contributed by atoms with Crippen LogP contribution in [0.25, 0.3) is 5.69 Å². The van der Waals surface area contributed by atoms with Gasteiger partial charge in [0.15, 0.2) is 5.11 Å². The van der Waals surface area contributed by atoms with Crippen molar-refractivity contribution in [3.05, 3.63) is 84.2 Å². The maximum atomic E-state index is 14.6. The van der Waals surface area contributed by atoms with Crippen molar-refractivity contribution in [3.8, 4) is 5.69 Å². The summed E-state index contributed by atoms with van der Waals surface area (Å²) in [5.74, 6) is -0.638. The molecule has 3 aromatic rings. The Morgan fingerprint density at radius 3 is 2.73 bits per heavy atom. The van der Waals surface area contributed by atoms with Gasteiger partial charge in [-0.15, -0.1) is 0 Å². The molecule has 1 fully saturated rings. The quantitative estimate of drug-likeness (QED) is 0.483. The highest BCUT2D eigenvalue weighted by Gasteiger charge is 2.41. The number of hydrogen-bond acceptors (Lipinski definition) is 4. The van der Waals surface area contributed by atoms with Crippen LogP contribution in [0.15, 0.2) is 67.0 Å². The minimum Gasteiger partial charge on any atom is -0.469 e. The van der Waals surface area contributed by atoms with Crippen LogP contribution in [0.3, 0.4) is 0 Å². The number of methoxy groups -OCH3 is 1. The van der Waals surface area contributed by atoms with Crippen molar-refractivity contribution in [2.24, 2.45) is 0 Å². The average Bonchev–Trinajstić information content (AvgIpc) is 3.37. The number of nitrogens with zero attached hydrogens (tertiary/aromatic N) is 3. The van der Waals surface area contributed by atoms with E-state index in [9.17, 15) is 9.18 Å². The molecular weight excluding hydrogens is 403 g/mol. The molecule has 8 heteroatoms. The molecule has 2 unspecified atom stereocenters. The number of para-hydroxylation sites is 1. The Balaban J connectivity index is 1.78. The molecule has 6 nitrogen and oxygen atoms in total. The number of ether oxygens (including phenoxy) is 1. The van der Waals surface area contributed by atoms with E-state index in [0.717, 1.165) is 11.4 Å². The first-order valence-corrected chi connectivity index (χ1v) is 9.98. The average molecular weight is 425 g/mol. The first-order valence-electron chi connectivity index (χ1n) is 9.57. The third-order valence-electron chi connectivity index (χ3n) is 5.18. The third-order valence-corrected chi connectivity index (χ3v) is 5.53. The van der Waals surface area contributed by atoms with Crippen molar-refractivity contribution in [1.29, 1.82) is 0 Å². The number of esters is 1. The molecule has 2 atom stereocenters. The number of carbonyl (C=O) groups excluding carboxylic acids is 1. The zero-order valence-corrected chi connectivity index (χ0v) is 17.2. The number of benzene rings is 1. The van der Waals surface area contributed by atoms with Gasteiger partial charge in [0.1, 0.15) is 5.82 Å². The Morgan fingerprint density at radius 1 is 1.20 bits per heavy atom. The van der Waals surface area contributed by atoms with Gasteiger partial charge in [0.25, 0.3) is 0 Å². The van der Waals surface area contributed by atoms with Gasteiger partial charge in [-0.2, -0.15) is 0 Å². The summed E-state index contributed by atoms with van der Waals surface area (Å²) < 4.78 is 21.2. The molecule has 0 amide bonds. The van der Waals surface area contributed by atoms with Gasteiger partial charge < -0.3 is 19.5 Å². The van der Waals surface area contributed by atoms with Crippen LogP contribution in [-0.4, -0.2) is 39.2 Å². The summed E-state index contributed by atoms with van der Waals surface area (Å²) in [5.41, 5.74) is 2.10. The molecule has 0 saturated carbocycles. The molecule has 1 aliphatic rings. The number of halogens is 1. The standard InChI is InChI=1S/C22H21FN4O2S/c1-29-19(28)11-14-27-21(20(25-22(27)30)16-8-4-5-12-24-16)18-10-6-13-26(18)17-9-3-2-7-15(17)23/h2-10,12-13,20-21H,11,14H2,1H3,(H,25,30). The van der Waals surface area contributed by atoms with Gasteiger partial charge in [-0.05, 0) is 48.6 Å². The Kier molecular flexibility index (Phi) is 5.76.